The van der Waals surface area contributed by atoms with Crippen LogP contribution in [0.25, 0.3) is 0 Å². The van der Waals surface area contributed by atoms with E-state index in [1.807, 2.05) is 0 Å². The normalized spacial score (nSPS) is 21.1. The quantitative estimate of drug-likeness (QED) is 0.843. The molecule has 0 heterocycles. The third-order valence-corrected chi connectivity index (χ3v) is 3.43. The molecule has 0 bridgehead atoms. The molecule has 0 aliphatic heterocycles. The van der Waals surface area contributed by atoms with E-state index in [1.54, 1.807) is 12.1 Å². The SMILES string of the molecule is C=CCOc1ccc(F)c(Cl)c1C1CC1CN.Cl. The summed E-state index contributed by atoms with van der Waals surface area (Å²) in [5, 5.41) is 0.160. The Morgan fingerprint density at radius 1 is 1.56 bits per heavy atom. The van der Waals surface area contributed by atoms with Gasteiger partial charge in [0.2, 0.25) is 0 Å². The lowest BCUT2D eigenvalue weighted by molar-refractivity contribution is 0.358. The summed E-state index contributed by atoms with van der Waals surface area (Å²) in [5.41, 5.74) is 6.36. The second-order valence-corrected chi connectivity index (χ2v) is 4.59. The van der Waals surface area contributed by atoms with Crippen LogP contribution >= 0.6 is 24.0 Å². The van der Waals surface area contributed by atoms with Crippen LogP contribution in [0.2, 0.25) is 5.02 Å². The van der Waals surface area contributed by atoms with Crippen molar-refractivity contribution in [3.63, 3.8) is 0 Å². The average Bonchev–Trinajstić information content (AvgIpc) is 3.09. The fraction of sp³-hybridized carbons (Fsp3) is 0.385. The van der Waals surface area contributed by atoms with E-state index in [0.717, 1.165) is 12.0 Å². The lowest BCUT2D eigenvalue weighted by Crippen LogP contribution is -2.04. The first-order valence-corrected chi connectivity index (χ1v) is 5.98. The fourth-order valence-electron chi connectivity index (χ4n) is 2.03. The molecule has 1 aliphatic carbocycles. The van der Waals surface area contributed by atoms with Gasteiger partial charge in [-0.1, -0.05) is 24.3 Å². The second kappa shape index (κ2) is 6.41. The summed E-state index contributed by atoms with van der Waals surface area (Å²) in [5.74, 6) is 0.843. The summed E-state index contributed by atoms with van der Waals surface area (Å²) in [6, 6.07) is 2.94. The van der Waals surface area contributed by atoms with Crippen LogP contribution in [0, 0.1) is 11.7 Å². The third kappa shape index (κ3) is 2.97. The number of hydrogen-bond donors (Lipinski definition) is 1. The maximum atomic E-state index is 13.5. The minimum absolute atomic E-state index is 0. The van der Waals surface area contributed by atoms with Crippen LogP contribution in [0.4, 0.5) is 4.39 Å². The van der Waals surface area contributed by atoms with Gasteiger partial charge in [0.15, 0.2) is 0 Å². The standard InChI is InChI=1S/C13H15ClFNO.ClH/c1-2-5-17-11-4-3-10(15)13(14)12(11)9-6-8(9)7-16;/h2-4,8-9H,1,5-7,16H2;1H. The third-order valence-electron chi connectivity index (χ3n) is 3.05. The highest BCUT2D eigenvalue weighted by Gasteiger charge is 2.40. The summed E-state index contributed by atoms with van der Waals surface area (Å²) in [6.45, 7) is 4.56. The molecule has 2 unspecified atom stereocenters. The summed E-state index contributed by atoms with van der Waals surface area (Å²) in [4.78, 5) is 0. The molecule has 1 aliphatic rings. The van der Waals surface area contributed by atoms with E-state index in [4.69, 9.17) is 22.1 Å². The van der Waals surface area contributed by atoms with Crippen LogP contribution in [0.15, 0.2) is 24.8 Å². The zero-order valence-electron chi connectivity index (χ0n) is 9.86. The largest absolute Gasteiger partial charge is 0.489 e. The molecule has 1 aromatic carbocycles. The predicted molar refractivity (Wildman–Crippen MR) is 74.3 cm³/mol. The topological polar surface area (TPSA) is 35.2 Å². The number of benzene rings is 1. The first-order valence-electron chi connectivity index (χ1n) is 5.60. The van der Waals surface area contributed by atoms with E-state index in [-0.39, 0.29) is 23.3 Å². The highest BCUT2D eigenvalue weighted by molar-refractivity contribution is 6.31. The number of halogens is 3. The van der Waals surface area contributed by atoms with Crippen molar-refractivity contribution < 1.29 is 9.13 Å². The molecule has 0 aromatic heterocycles. The van der Waals surface area contributed by atoms with Crippen LogP contribution < -0.4 is 10.5 Å². The molecular weight excluding hydrogens is 276 g/mol. The molecule has 2 rings (SSSR count). The maximum absolute atomic E-state index is 13.5. The highest BCUT2D eigenvalue weighted by Crippen LogP contribution is 2.52. The minimum atomic E-state index is -0.407. The molecule has 0 spiro atoms. The molecule has 1 fully saturated rings. The van der Waals surface area contributed by atoms with E-state index >= 15 is 0 Å². The zero-order chi connectivity index (χ0) is 12.4. The van der Waals surface area contributed by atoms with E-state index in [0.29, 0.717) is 24.8 Å². The second-order valence-electron chi connectivity index (χ2n) is 4.21. The lowest BCUT2D eigenvalue weighted by Gasteiger charge is -2.12. The Morgan fingerprint density at radius 3 is 2.83 bits per heavy atom. The molecule has 0 radical (unpaired) electrons. The van der Waals surface area contributed by atoms with Gasteiger partial charge in [-0.2, -0.15) is 0 Å². The van der Waals surface area contributed by atoms with Crippen molar-refractivity contribution in [1.29, 1.82) is 0 Å². The van der Waals surface area contributed by atoms with Crippen molar-refractivity contribution in [1.82, 2.24) is 0 Å². The van der Waals surface area contributed by atoms with E-state index < -0.39 is 5.82 Å². The van der Waals surface area contributed by atoms with Crippen molar-refractivity contribution in [3.8, 4) is 5.75 Å². The Labute approximate surface area is 117 Å². The molecule has 2 atom stereocenters. The molecule has 0 saturated heterocycles. The van der Waals surface area contributed by atoms with Crippen molar-refractivity contribution in [3.05, 3.63) is 41.2 Å². The Hall–Kier alpha value is -0.770. The smallest absolute Gasteiger partial charge is 0.142 e. The Balaban J connectivity index is 0.00000162. The van der Waals surface area contributed by atoms with E-state index in [9.17, 15) is 4.39 Å². The van der Waals surface area contributed by atoms with Gasteiger partial charge in [0.1, 0.15) is 18.2 Å². The molecule has 2 N–H and O–H groups in total. The number of rotatable bonds is 5. The molecular formula is C13H16Cl2FNO. The minimum Gasteiger partial charge on any atom is -0.489 e. The van der Waals surface area contributed by atoms with Gasteiger partial charge in [0.05, 0.1) is 5.02 Å². The first kappa shape index (κ1) is 15.3. The molecule has 18 heavy (non-hydrogen) atoms. The Kier molecular flexibility index (Phi) is 5.45. The molecule has 5 heteroatoms. The first-order chi connectivity index (χ1) is 8.19. The van der Waals surface area contributed by atoms with Gasteiger partial charge in [-0.3, -0.25) is 0 Å². The van der Waals surface area contributed by atoms with Gasteiger partial charge in [0.25, 0.3) is 0 Å². The molecule has 0 amide bonds. The van der Waals surface area contributed by atoms with Crippen LogP contribution in [-0.4, -0.2) is 13.2 Å². The van der Waals surface area contributed by atoms with Gasteiger partial charge in [-0.05, 0) is 36.9 Å². The van der Waals surface area contributed by atoms with Crippen LogP contribution in [0.5, 0.6) is 5.75 Å². The molecule has 1 saturated carbocycles. The van der Waals surface area contributed by atoms with Gasteiger partial charge in [0, 0.05) is 5.56 Å². The Morgan fingerprint density at radius 2 is 2.28 bits per heavy atom. The average molecular weight is 292 g/mol. The summed E-state index contributed by atoms with van der Waals surface area (Å²) < 4.78 is 19.0. The van der Waals surface area contributed by atoms with Gasteiger partial charge in [-0.25, -0.2) is 4.39 Å². The van der Waals surface area contributed by atoms with Crippen LogP contribution in [0.3, 0.4) is 0 Å². The van der Waals surface area contributed by atoms with Crippen LogP contribution in [0.1, 0.15) is 17.9 Å². The summed E-state index contributed by atoms with van der Waals surface area (Å²) in [6.07, 6.45) is 2.60. The summed E-state index contributed by atoms with van der Waals surface area (Å²) in [7, 11) is 0. The lowest BCUT2D eigenvalue weighted by atomic mass is 10.1. The predicted octanol–water partition coefficient (Wildman–Crippen LogP) is 3.53. The summed E-state index contributed by atoms with van der Waals surface area (Å²) >= 11 is 6.01. The number of nitrogens with two attached hydrogens (primary N) is 1. The highest BCUT2D eigenvalue weighted by atomic mass is 35.5. The number of hydrogen-bond acceptors (Lipinski definition) is 2. The van der Waals surface area contributed by atoms with Crippen molar-refractivity contribution in [2.75, 3.05) is 13.2 Å². The number of ether oxygens (including phenoxy) is 1. The fourth-order valence-corrected chi connectivity index (χ4v) is 2.33. The Bertz CT molecular complexity index is 439. The van der Waals surface area contributed by atoms with Gasteiger partial charge >= 0.3 is 0 Å². The molecule has 1 aromatic rings. The monoisotopic (exact) mass is 291 g/mol. The molecule has 2 nitrogen and oxygen atoms in total. The van der Waals surface area contributed by atoms with Crippen LogP contribution in [-0.2, 0) is 0 Å². The van der Waals surface area contributed by atoms with Gasteiger partial charge < -0.3 is 10.5 Å². The van der Waals surface area contributed by atoms with E-state index in [1.165, 1.54) is 6.07 Å². The van der Waals surface area contributed by atoms with E-state index in [2.05, 4.69) is 6.58 Å². The van der Waals surface area contributed by atoms with Crippen molar-refractivity contribution in [2.24, 2.45) is 11.7 Å². The maximum Gasteiger partial charge on any atom is 0.142 e. The van der Waals surface area contributed by atoms with Gasteiger partial charge in [-0.15, -0.1) is 12.4 Å². The van der Waals surface area contributed by atoms with Crippen molar-refractivity contribution >= 4 is 24.0 Å². The molecule has 100 valence electrons. The zero-order valence-corrected chi connectivity index (χ0v) is 11.4. The van der Waals surface area contributed by atoms with Crippen molar-refractivity contribution in [2.45, 2.75) is 12.3 Å².